The first-order valence-electron chi connectivity index (χ1n) is 12.7. The summed E-state index contributed by atoms with van der Waals surface area (Å²) in [6.45, 7) is 5.18. The highest BCUT2D eigenvalue weighted by atomic mass is 16.5. The molecule has 198 valence electrons. The Morgan fingerprint density at radius 3 is 2.51 bits per heavy atom. The molecule has 3 N–H and O–H groups in total. The van der Waals surface area contributed by atoms with Crippen LogP contribution in [0.1, 0.15) is 53.0 Å². The van der Waals surface area contributed by atoms with E-state index in [1.165, 1.54) is 0 Å². The lowest BCUT2D eigenvalue weighted by Crippen LogP contribution is -2.49. The number of anilines is 1. The van der Waals surface area contributed by atoms with Crippen molar-refractivity contribution in [3.8, 4) is 5.75 Å². The Balaban J connectivity index is 1.60. The lowest BCUT2D eigenvalue weighted by molar-refractivity contribution is -0.117. The van der Waals surface area contributed by atoms with Gasteiger partial charge in [-0.2, -0.15) is 0 Å². The summed E-state index contributed by atoms with van der Waals surface area (Å²) in [6, 6.07) is 11.6. The Hall–Kier alpha value is -3.43. The molecule has 9 heteroatoms. The number of para-hydroxylation sites is 1. The Morgan fingerprint density at radius 2 is 1.89 bits per heavy atom. The minimum atomic E-state index is -0.962. The zero-order valence-electron chi connectivity index (χ0n) is 21.5. The number of hydrogen-bond donors (Lipinski definition) is 3. The van der Waals surface area contributed by atoms with Crippen molar-refractivity contribution in [1.29, 1.82) is 0 Å². The van der Waals surface area contributed by atoms with Gasteiger partial charge in [0.25, 0.3) is 5.91 Å². The molecule has 2 aromatic rings. The van der Waals surface area contributed by atoms with Crippen LogP contribution in [-0.4, -0.2) is 76.7 Å². The molecular formula is C28H35N3O6. The molecule has 0 spiro atoms. The van der Waals surface area contributed by atoms with Crippen molar-refractivity contribution < 1.29 is 29.3 Å². The zero-order valence-corrected chi connectivity index (χ0v) is 21.5. The Bertz CT molecular complexity index is 1150. The summed E-state index contributed by atoms with van der Waals surface area (Å²) in [6.07, 6.45) is 1.41. The lowest BCUT2D eigenvalue weighted by Gasteiger charge is -2.38. The molecule has 4 rings (SSSR count). The van der Waals surface area contributed by atoms with Crippen LogP contribution in [0, 0.1) is 11.8 Å². The Labute approximate surface area is 217 Å². The van der Waals surface area contributed by atoms with Crippen molar-refractivity contribution >= 4 is 23.5 Å². The summed E-state index contributed by atoms with van der Waals surface area (Å²) in [5.74, 6) is -0.993. The SMILES string of the molecule is C[C@@H]1CN([C@@H](C)CO)C(=O)c2cccc(NC(=O)C3CC3)c2O[C@@H]1CN(C)Cc1ccc(C(=O)O)cc1. The number of likely N-dealkylation sites (N-methyl/N-ethyl adjacent to an activating group) is 1. The van der Waals surface area contributed by atoms with E-state index in [0.29, 0.717) is 36.6 Å². The van der Waals surface area contributed by atoms with Gasteiger partial charge in [-0.3, -0.25) is 14.5 Å². The smallest absolute Gasteiger partial charge is 0.335 e. The first kappa shape index (κ1) is 26.6. The maximum Gasteiger partial charge on any atom is 0.335 e. The van der Waals surface area contributed by atoms with Crippen molar-refractivity contribution in [2.45, 2.75) is 45.4 Å². The van der Waals surface area contributed by atoms with Crippen LogP contribution in [0.2, 0.25) is 0 Å². The number of ether oxygens (including phenoxy) is 1. The van der Waals surface area contributed by atoms with Crippen LogP contribution in [0.15, 0.2) is 42.5 Å². The number of aromatic carboxylic acids is 1. The van der Waals surface area contributed by atoms with Crippen LogP contribution in [0.25, 0.3) is 0 Å². The molecule has 2 aromatic carbocycles. The Kier molecular flexibility index (Phi) is 8.14. The number of carbonyl (C=O) groups is 3. The van der Waals surface area contributed by atoms with Crippen LogP contribution >= 0.6 is 0 Å². The number of nitrogens with zero attached hydrogens (tertiary/aromatic N) is 2. The van der Waals surface area contributed by atoms with Crippen LogP contribution in [0.5, 0.6) is 5.75 Å². The fourth-order valence-electron chi connectivity index (χ4n) is 4.58. The molecule has 2 amide bonds. The number of nitrogens with one attached hydrogen (secondary N) is 1. The summed E-state index contributed by atoms with van der Waals surface area (Å²) >= 11 is 0. The zero-order chi connectivity index (χ0) is 26.7. The van der Waals surface area contributed by atoms with Crippen molar-refractivity contribution in [2.24, 2.45) is 11.8 Å². The minimum absolute atomic E-state index is 0.000563. The van der Waals surface area contributed by atoms with Gasteiger partial charge in [-0.25, -0.2) is 4.79 Å². The quantitative estimate of drug-likeness (QED) is 0.475. The fraction of sp³-hybridized carbons (Fsp3) is 0.464. The second-order valence-corrected chi connectivity index (χ2v) is 10.3. The number of aliphatic hydroxyl groups is 1. The summed E-state index contributed by atoms with van der Waals surface area (Å²) in [7, 11) is 1.96. The predicted molar refractivity (Wildman–Crippen MR) is 139 cm³/mol. The molecule has 0 aromatic heterocycles. The minimum Gasteiger partial charge on any atom is -0.486 e. The fourth-order valence-corrected chi connectivity index (χ4v) is 4.58. The maximum atomic E-state index is 13.5. The third-order valence-corrected chi connectivity index (χ3v) is 7.04. The van der Waals surface area contributed by atoms with E-state index >= 15 is 0 Å². The van der Waals surface area contributed by atoms with E-state index in [0.717, 1.165) is 18.4 Å². The second kappa shape index (κ2) is 11.3. The number of rotatable bonds is 9. The molecule has 0 saturated heterocycles. The molecule has 1 heterocycles. The maximum absolute atomic E-state index is 13.5. The number of fused-ring (bicyclic) bond motifs is 1. The van der Waals surface area contributed by atoms with Crippen molar-refractivity contribution in [1.82, 2.24) is 9.80 Å². The largest absolute Gasteiger partial charge is 0.486 e. The summed E-state index contributed by atoms with van der Waals surface area (Å²) in [4.78, 5) is 41.0. The standard InChI is InChI=1S/C28H35N3O6/c1-17-13-31(18(2)16-32)27(34)22-5-4-6-23(29-26(33)20-11-12-20)25(22)37-24(17)15-30(3)14-19-7-9-21(10-8-19)28(35)36/h4-10,17-18,20,24,32H,11-16H2,1-3H3,(H,29,33)(H,35,36)/t17-,18+,24-/m1/s1. The van der Waals surface area contributed by atoms with Gasteiger partial charge in [0, 0.05) is 31.5 Å². The van der Waals surface area contributed by atoms with Gasteiger partial charge in [0.2, 0.25) is 5.91 Å². The number of benzene rings is 2. The molecule has 3 atom stereocenters. The molecule has 0 bridgehead atoms. The number of amides is 2. The highest BCUT2D eigenvalue weighted by molar-refractivity contribution is 6.02. The first-order chi connectivity index (χ1) is 17.7. The molecule has 1 fully saturated rings. The van der Waals surface area contributed by atoms with Gasteiger partial charge in [0.15, 0.2) is 5.75 Å². The van der Waals surface area contributed by atoms with Crippen molar-refractivity contribution in [3.05, 3.63) is 59.2 Å². The number of carboxylic acids is 1. The van der Waals surface area contributed by atoms with E-state index in [1.54, 1.807) is 47.4 Å². The number of hydrogen-bond acceptors (Lipinski definition) is 6. The molecule has 1 saturated carbocycles. The van der Waals surface area contributed by atoms with E-state index in [4.69, 9.17) is 9.84 Å². The van der Waals surface area contributed by atoms with Gasteiger partial charge in [0.05, 0.1) is 29.5 Å². The van der Waals surface area contributed by atoms with E-state index in [-0.39, 0.29) is 48.0 Å². The summed E-state index contributed by atoms with van der Waals surface area (Å²) in [5, 5.41) is 21.9. The van der Waals surface area contributed by atoms with Gasteiger partial charge in [-0.15, -0.1) is 0 Å². The number of carbonyl (C=O) groups excluding carboxylic acids is 2. The molecule has 2 aliphatic rings. The second-order valence-electron chi connectivity index (χ2n) is 10.3. The van der Waals surface area contributed by atoms with Crippen LogP contribution < -0.4 is 10.1 Å². The molecular weight excluding hydrogens is 474 g/mol. The van der Waals surface area contributed by atoms with E-state index in [2.05, 4.69) is 10.2 Å². The summed E-state index contributed by atoms with van der Waals surface area (Å²) in [5.41, 5.74) is 2.04. The Morgan fingerprint density at radius 1 is 1.19 bits per heavy atom. The first-order valence-corrected chi connectivity index (χ1v) is 12.7. The van der Waals surface area contributed by atoms with Crippen molar-refractivity contribution in [2.75, 3.05) is 32.1 Å². The van der Waals surface area contributed by atoms with Gasteiger partial charge < -0.3 is 25.2 Å². The molecule has 37 heavy (non-hydrogen) atoms. The molecule has 0 unspecified atom stereocenters. The van der Waals surface area contributed by atoms with Gasteiger partial charge in [-0.1, -0.05) is 25.1 Å². The molecule has 1 aliphatic heterocycles. The monoisotopic (exact) mass is 509 g/mol. The average molecular weight is 510 g/mol. The van der Waals surface area contributed by atoms with E-state index < -0.39 is 5.97 Å². The van der Waals surface area contributed by atoms with Crippen LogP contribution in [-0.2, 0) is 11.3 Å². The van der Waals surface area contributed by atoms with E-state index in [9.17, 15) is 19.5 Å². The van der Waals surface area contributed by atoms with E-state index in [1.807, 2.05) is 20.9 Å². The lowest BCUT2D eigenvalue weighted by atomic mass is 9.98. The van der Waals surface area contributed by atoms with Crippen LogP contribution in [0.4, 0.5) is 5.69 Å². The highest BCUT2D eigenvalue weighted by Crippen LogP contribution is 2.37. The van der Waals surface area contributed by atoms with Crippen molar-refractivity contribution in [3.63, 3.8) is 0 Å². The third kappa shape index (κ3) is 6.29. The average Bonchev–Trinajstić information content (AvgIpc) is 3.72. The molecule has 1 aliphatic carbocycles. The molecule has 9 nitrogen and oxygen atoms in total. The normalized spacial score (nSPS) is 20.5. The third-order valence-electron chi connectivity index (χ3n) is 7.04. The number of carboxylic acid groups (broad SMARTS) is 1. The summed E-state index contributed by atoms with van der Waals surface area (Å²) < 4.78 is 6.53. The predicted octanol–water partition coefficient (Wildman–Crippen LogP) is 3.09. The topological polar surface area (TPSA) is 119 Å². The van der Waals surface area contributed by atoms with Gasteiger partial charge in [0.1, 0.15) is 6.10 Å². The van der Waals surface area contributed by atoms with Gasteiger partial charge in [-0.05, 0) is 56.6 Å². The number of aliphatic hydroxyl groups excluding tert-OH is 1. The molecule has 0 radical (unpaired) electrons. The van der Waals surface area contributed by atoms with Crippen LogP contribution in [0.3, 0.4) is 0 Å². The van der Waals surface area contributed by atoms with Gasteiger partial charge >= 0.3 is 5.97 Å². The highest BCUT2D eigenvalue weighted by Gasteiger charge is 2.36.